The van der Waals surface area contributed by atoms with Gasteiger partial charge in [0, 0.05) is 5.69 Å². The molecule has 0 bridgehead atoms. The third-order valence-corrected chi connectivity index (χ3v) is 4.03. The molecule has 1 aromatic rings. The van der Waals surface area contributed by atoms with Crippen LogP contribution in [-0.4, -0.2) is 16.4 Å². The second kappa shape index (κ2) is 4.26. The average molecular weight is 245 g/mol. The quantitative estimate of drug-likeness (QED) is 0.739. The van der Waals surface area contributed by atoms with Gasteiger partial charge in [0.25, 0.3) is 0 Å². The number of pyridine rings is 1. The van der Waals surface area contributed by atoms with Gasteiger partial charge in [-0.15, -0.1) is 0 Å². The first-order valence-corrected chi connectivity index (χ1v) is 6.77. The molecule has 3 rings (SSSR count). The summed E-state index contributed by atoms with van der Waals surface area (Å²) in [6.45, 7) is 1.97. The molecule has 1 fully saturated rings. The third-order valence-electron chi connectivity index (χ3n) is 4.03. The Morgan fingerprint density at radius 2 is 1.89 bits per heavy atom. The van der Waals surface area contributed by atoms with E-state index < -0.39 is 5.54 Å². The highest BCUT2D eigenvalue weighted by Gasteiger charge is 2.42. The summed E-state index contributed by atoms with van der Waals surface area (Å²) in [4.78, 5) is 16.9. The smallest absolute Gasteiger partial charge is 0.250 e. The molecule has 0 atom stereocenters. The van der Waals surface area contributed by atoms with Gasteiger partial charge in [-0.3, -0.25) is 4.79 Å². The van der Waals surface area contributed by atoms with Crippen LogP contribution in [0.2, 0.25) is 0 Å². The monoisotopic (exact) mass is 245 g/mol. The summed E-state index contributed by atoms with van der Waals surface area (Å²) >= 11 is 0. The van der Waals surface area contributed by atoms with E-state index in [0.717, 1.165) is 42.9 Å². The summed E-state index contributed by atoms with van der Waals surface area (Å²) in [5.74, 6) is 0.944. The number of carbonyl (C=O) groups excluding carboxylic acids is 1. The van der Waals surface area contributed by atoms with Crippen molar-refractivity contribution < 1.29 is 4.79 Å². The minimum absolute atomic E-state index is 0.113. The summed E-state index contributed by atoms with van der Waals surface area (Å²) < 4.78 is 0. The molecule has 1 amide bonds. The van der Waals surface area contributed by atoms with Crippen LogP contribution in [0.4, 0.5) is 11.5 Å². The first kappa shape index (κ1) is 11.5. The Hall–Kier alpha value is -1.58. The Morgan fingerprint density at radius 1 is 1.17 bits per heavy atom. The van der Waals surface area contributed by atoms with Gasteiger partial charge in [0.1, 0.15) is 5.54 Å². The maximum atomic E-state index is 12.4. The van der Waals surface area contributed by atoms with Crippen molar-refractivity contribution in [3.63, 3.8) is 0 Å². The highest BCUT2D eigenvalue weighted by molar-refractivity contribution is 6.05. The van der Waals surface area contributed by atoms with Crippen molar-refractivity contribution in [3.8, 4) is 0 Å². The highest BCUT2D eigenvalue weighted by Crippen LogP contribution is 2.37. The molecule has 1 saturated carbocycles. The second-order valence-corrected chi connectivity index (χ2v) is 5.42. The predicted octanol–water partition coefficient (Wildman–Crippen LogP) is 2.85. The molecule has 1 spiro atoms. The molecule has 2 N–H and O–H groups in total. The van der Waals surface area contributed by atoms with Crippen LogP contribution in [-0.2, 0) is 4.79 Å². The Labute approximate surface area is 107 Å². The van der Waals surface area contributed by atoms with Crippen molar-refractivity contribution in [2.75, 3.05) is 10.6 Å². The van der Waals surface area contributed by atoms with Crippen molar-refractivity contribution in [1.82, 2.24) is 4.98 Å². The molecule has 1 aromatic heterocycles. The van der Waals surface area contributed by atoms with E-state index in [9.17, 15) is 4.79 Å². The molecular weight excluding hydrogens is 226 g/mol. The zero-order chi connectivity index (χ0) is 12.6. The molecule has 0 saturated heterocycles. The number of fused-ring (bicyclic) bond motifs is 1. The lowest BCUT2D eigenvalue weighted by molar-refractivity contribution is -0.121. The number of anilines is 2. The van der Waals surface area contributed by atoms with E-state index in [2.05, 4.69) is 15.6 Å². The zero-order valence-electron chi connectivity index (χ0n) is 10.8. The molecule has 96 valence electrons. The topological polar surface area (TPSA) is 54.0 Å². The van der Waals surface area contributed by atoms with E-state index in [4.69, 9.17) is 0 Å². The summed E-state index contributed by atoms with van der Waals surface area (Å²) in [5.41, 5.74) is 1.35. The van der Waals surface area contributed by atoms with Gasteiger partial charge < -0.3 is 10.6 Å². The normalized spacial score (nSPS) is 21.7. The summed E-state index contributed by atoms with van der Waals surface area (Å²) in [6.07, 6.45) is 6.50. The lowest BCUT2D eigenvalue weighted by Crippen LogP contribution is -2.52. The van der Waals surface area contributed by atoms with Gasteiger partial charge in [-0.25, -0.2) is 4.98 Å². The van der Waals surface area contributed by atoms with Crippen LogP contribution in [0.5, 0.6) is 0 Å². The number of rotatable bonds is 0. The second-order valence-electron chi connectivity index (χ2n) is 5.42. The Balaban J connectivity index is 1.96. The van der Waals surface area contributed by atoms with Crippen molar-refractivity contribution in [3.05, 3.63) is 17.8 Å². The van der Waals surface area contributed by atoms with Gasteiger partial charge >= 0.3 is 0 Å². The van der Waals surface area contributed by atoms with Crippen molar-refractivity contribution in [2.45, 2.75) is 51.0 Å². The molecule has 4 nitrogen and oxygen atoms in total. The number of amides is 1. The summed E-state index contributed by atoms with van der Waals surface area (Å²) in [5, 5.41) is 6.43. The molecule has 2 heterocycles. The van der Waals surface area contributed by atoms with Crippen LogP contribution >= 0.6 is 0 Å². The van der Waals surface area contributed by atoms with Crippen molar-refractivity contribution in [1.29, 1.82) is 0 Å². The van der Waals surface area contributed by atoms with Crippen LogP contribution in [0, 0.1) is 6.92 Å². The molecule has 18 heavy (non-hydrogen) atoms. The number of hydrogen-bond acceptors (Lipinski definition) is 3. The molecule has 1 aliphatic carbocycles. The van der Waals surface area contributed by atoms with Crippen LogP contribution in [0.25, 0.3) is 0 Å². The van der Waals surface area contributed by atoms with Crippen LogP contribution in [0.3, 0.4) is 0 Å². The van der Waals surface area contributed by atoms with E-state index in [1.807, 2.05) is 19.1 Å². The number of nitrogens with zero attached hydrogens (tertiary/aromatic N) is 1. The molecule has 0 aromatic carbocycles. The molecular formula is C14H19N3O. The minimum atomic E-state index is -0.426. The number of carbonyl (C=O) groups is 1. The maximum Gasteiger partial charge on any atom is 0.250 e. The van der Waals surface area contributed by atoms with E-state index in [1.165, 1.54) is 12.8 Å². The molecule has 2 aliphatic rings. The van der Waals surface area contributed by atoms with Gasteiger partial charge in [-0.2, -0.15) is 0 Å². The number of hydrogen-bond donors (Lipinski definition) is 2. The van der Waals surface area contributed by atoms with E-state index in [0.29, 0.717) is 0 Å². The van der Waals surface area contributed by atoms with Gasteiger partial charge in [0.05, 0.1) is 5.69 Å². The Kier molecular flexibility index (Phi) is 2.73. The first-order valence-electron chi connectivity index (χ1n) is 6.77. The summed E-state index contributed by atoms with van der Waals surface area (Å²) in [7, 11) is 0. The van der Waals surface area contributed by atoms with Crippen LogP contribution in [0.15, 0.2) is 12.1 Å². The number of aromatic nitrogens is 1. The fraction of sp³-hybridized carbons (Fsp3) is 0.571. The number of aryl methyl sites for hydroxylation is 1. The maximum absolute atomic E-state index is 12.4. The summed E-state index contributed by atoms with van der Waals surface area (Å²) in [6, 6.07) is 3.85. The molecule has 4 heteroatoms. The highest BCUT2D eigenvalue weighted by atomic mass is 16.2. The van der Waals surface area contributed by atoms with E-state index in [1.54, 1.807) is 0 Å². The lowest BCUT2D eigenvalue weighted by Gasteiger charge is -2.37. The fourth-order valence-electron chi connectivity index (χ4n) is 2.96. The third kappa shape index (κ3) is 1.85. The predicted molar refractivity (Wildman–Crippen MR) is 71.7 cm³/mol. The SMILES string of the molecule is Cc1ccc2c(n1)NC1(CCCCCC1)C(=O)N2. The van der Waals surface area contributed by atoms with E-state index >= 15 is 0 Å². The van der Waals surface area contributed by atoms with Gasteiger partial charge in [0.15, 0.2) is 5.82 Å². The largest absolute Gasteiger partial charge is 0.354 e. The first-order chi connectivity index (χ1) is 8.70. The minimum Gasteiger partial charge on any atom is -0.354 e. The van der Waals surface area contributed by atoms with E-state index in [-0.39, 0.29) is 5.91 Å². The standard InChI is InChI=1S/C14H19N3O/c1-10-6-7-11-12(15-10)17-14(13(18)16-11)8-4-2-3-5-9-14/h6-7H,2-5,8-9H2,1H3,(H,15,17)(H,16,18). The lowest BCUT2D eigenvalue weighted by atomic mass is 9.87. The molecule has 0 radical (unpaired) electrons. The fourth-order valence-corrected chi connectivity index (χ4v) is 2.96. The van der Waals surface area contributed by atoms with Gasteiger partial charge in [-0.05, 0) is 31.9 Å². The van der Waals surface area contributed by atoms with Crippen molar-refractivity contribution in [2.24, 2.45) is 0 Å². The molecule has 1 aliphatic heterocycles. The average Bonchev–Trinajstić information content (AvgIpc) is 2.58. The molecule has 0 unspecified atom stereocenters. The Bertz CT molecular complexity index is 476. The zero-order valence-corrected chi connectivity index (χ0v) is 10.8. The van der Waals surface area contributed by atoms with Crippen LogP contribution < -0.4 is 10.6 Å². The Morgan fingerprint density at radius 3 is 2.61 bits per heavy atom. The van der Waals surface area contributed by atoms with Crippen molar-refractivity contribution >= 4 is 17.4 Å². The number of nitrogens with one attached hydrogen (secondary N) is 2. The van der Waals surface area contributed by atoms with Gasteiger partial charge in [-0.1, -0.05) is 25.7 Å². The van der Waals surface area contributed by atoms with Gasteiger partial charge in [0.2, 0.25) is 5.91 Å². The van der Waals surface area contributed by atoms with Crippen LogP contribution in [0.1, 0.15) is 44.2 Å².